The molecule has 1 rings (SSSR count). The number of carbonyl (C=O) groups is 1. The summed E-state index contributed by atoms with van der Waals surface area (Å²) >= 11 is 0. The molecule has 0 aliphatic heterocycles. The molecule has 0 unspecified atom stereocenters. The van der Waals surface area contributed by atoms with Crippen molar-refractivity contribution < 1.29 is 9.53 Å². The summed E-state index contributed by atoms with van der Waals surface area (Å²) in [7, 11) is 0. The summed E-state index contributed by atoms with van der Waals surface area (Å²) in [4.78, 5) is 11.9. The lowest BCUT2D eigenvalue weighted by atomic mass is 9.81. The lowest BCUT2D eigenvalue weighted by molar-refractivity contribution is 0.0379. The molecule has 0 atom stereocenters. The molecular formula is C15H23NO2. The van der Waals surface area contributed by atoms with Gasteiger partial charge in [0.05, 0.1) is 11.7 Å². The SMILES string of the molecule is CCC(C)(C)c1ccc(N)c(C(=O)OC(C)C)c1. The standard InChI is InChI=1S/C15H23NO2/c1-6-15(4,5)11-7-8-13(16)12(9-11)14(17)18-10(2)3/h7-10H,6,16H2,1-5H3. The molecular weight excluding hydrogens is 226 g/mol. The lowest BCUT2D eigenvalue weighted by Gasteiger charge is -2.24. The van der Waals surface area contributed by atoms with Crippen molar-refractivity contribution >= 4 is 11.7 Å². The van der Waals surface area contributed by atoms with E-state index >= 15 is 0 Å². The molecule has 0 saturated carbocycles. The Kier molecular flexibility index (Phi) is 4.38. The van der Waals surface area contributed by atoms with E-state index in [1.54, 1.807) is 6.07 Å². The second-order valence-electron chi connectivity index (χ2n) is 5.49. The molecule has 0 heterocycles. The van der Waals surface area contributed by atoms with Crippen LogP contribution in [0.1, 0.15) is 57.0 Å². The fourth-order valence-corrected chi connectivity index (χ4v) is 1.64. The average molecular weight is 249 g/mol. The first-order chi connectivity index (χ1) is 8.27. The van der Waals surface area contributed by atoms with Gasteiger partial charge in [-0.05, 0) is 43.4 Å². The molecule has 1 aromatic carbocycles. The summed E-state index contributed by atoms with van der Waals surface area (Å²) in [6.07, 6.45) is 0.856. The smallest absolute Gasteiger partial charge is 0.340 e. The number of nitrogen functional groups attached to an aromatic ring is 1. The summed E-state index contributed by atoms with van der Waals surface area (Å²) in [6, 6.07) is 5.61. The molecule has 3 heteroatoms. The Bertz CT molecular complexity index is 436. The van der Waals surface area contributed by atoms with E-state index < -0.39 is 0 Å². The van der Waals surface area contributed by atoms with Crippen LogP contribution in [0, 0.1) is 0 Å². The van der Waals surface area contributed by atoms with E-state index in [0.29, 0.717) is 11.3 Å². The van der Waals surface area contributed by atoms with Crippen molar-refractivity contribution in [2.24, 2.45) is 0 Å². The highest BCUT2D eigenvalue weighted by Gasteiger charge is 2.21. The summed E-state index contributed by atoms with van der Waals surface area (Å²) in [5.74, 6) is -0.351. The molecule has 3 nitrogen and oxygen atoms in total. The van der Waals surface area contributed by atoms with Gasteiger partial charge in [0.15, 0.2) is 0 Å². The van der Waals surface area contributed by atoms with Crippen molar-refractivity contribution in [3.63, 3.8) is 0 Å². The maximum atomic E-state index is 11.9. The molecule has 0 aliphatic rings. The number of carbonyl (C=O) groups excluding carboxylic acids is 1. The van der Waals surface area contributed by atoms with Gasteiger partial charge >= 0.3 is 5.97 Å². The second-order valence-corrected chi connectivity index (χ2v) is 5.49. The first-order valence-corrected chi connectivity index (χ1v) is 6.39. The van der Waals surface area contributed by atoms with Crippen LogP contribution in [0.4, 0.5) is 5.69 Å². The Morgan fingerprint density at radius 2 is 2.00 bits per heavy atom. The zero-order chi connectivity index (χ0) is 13.9. The van der Waals surface area contributed by atoms with Crippen molar-refractivity contribution in [3.8, 4) is 0 Å². The first kappa shape index (κ1) is 14.6. The van der Waals surface area contributed by atoms with Crippen molar-refractivity contribution in [3.05, 3.63) is 29.3 Å². The number of anilines is 1. The molecule has 18 heavy (non-hydrogen) atoms. The van der Waals surface area contributed by atoms with Crippen LogP contribution in [0.3, 0.4) is 0 Å². The molecule has 0 aromatic heterocycles. The van der Waals surface area contributed by atoms with Crippen molar-refractivity contribution in [1.29, 1.82) is 0 Å². The number of ether oxygens (including phenoxy) is 1. The summed E-state index contributed by atoms with van der Waals surface area (Å²) in [6.45, 7) is 10.1. The van der Waals surface area contributed by atoms with E-state index in [1.807, 2.05) is 26.0 Å². The minimum absolute atomic E-state index is 0.0283. The van der Waals surface area contributed by atoms with E-state index in [1.165, 1.54) is 0 Å². The van der Waals surface area contributed by atoms with Crippen molar-refractivity contribution in [1.82, 2.24) is 0 Å². The molecule has 0 radical (unpaired) electrons. The highest BCUT2D eigenvalue weighted by atomic mass is 16.5. The molecule has 0 aliphatic carbocycles. The number of esters is 1. The Balaban J connectivity index is 3.13. The molecule has 0 saturated heterocycles. The Morgan fingerprint density at radius 3 is 2.50 bits per heavy atom. The topological polar surface area (TPSA) is 52.3 Å². The highest BCUT2D eigenvalue weighted by molar-refractivity contribution is 5.95. The maximum absolute atomic E-state index is 11.9. The molecule has 100 valence electrons. The van der Waals surface area contributed by atoms with E-state index in [0.717, 1.165) is 12.0 Å². The third-order valence-electron chi connectivity index (χ3n) is 3.28. The van der Waals surface area contributed by atoms with E-state index in [2.05, 4.69) is 20.8 Å². The van der Waals surface area contributed by atoms with Gasteiger partial charge in [-0.15, -0.1) is 0 Å². The first-order valence-electron chi connectivity index (χ1n) is 6.39. The zero-order valence-corrected chi connectivity index (χ0v) is 11.9. The number of hydrogen-bond donors (Lipinski definition) is 1. The maximum Gasteiger partial charge on any atom is 0.340 e. The summed E-state index contributed by atoms with van der Waals surface area (Å²) in [5, 5.41) is 0. The number of nitrogens with two attached hydrogens (primary N) is 1. The predicted octanol–water partition coefficient (Wildman–Crippen LogP) is 3.52. The minimum Gasteiger partial charge on any atom is -0.459 e. The fraction of sp³-hybridized carbons (Fsp3) is 0.533. The van der Waals surface area contributed by atoms with Gasteiger partial charge in [0.1, 0.15) is 0 Å². The third-order valence-corrected chi connectivity index (χ3v) is 3.28. The fourth-order valence-electron chi connectivity index (χ4n) is 1.64. The second kappa shape index (κ2) is 5.42. The molecule has 0 spiro atoms. The molecule has 2 N–H and O–H groups in total. The van der Waals surface area contributed by atoms with E-state index in [4.69, 9.17) is 10.5 Å². The lowest BCUT2D eigenvalue weighted by Crippen LogP contribution is -2.18. The quantitative estimate of drug-likeness (QED) is 0.656. The predicted molar refractivity (Wildman–Crippen MR) is 74.7 cm³/mol. The normalized spacial score (nSPS) is 11.7. The van der Waals surface area contributed by atoms with Crippen LogP contribution >= 0.6 is 0 Å². The van der Waals surface area contributed by atoms with Crippen molar-refractivity contribution in [2.75, 3.05) is 5.73 Å². The van der Waals surface area contributed by atoms with E-state index in [-0.39, 0.29) is 17.5 Å². The average Bonchev–Trinajstić information content (AvgIpc) is 2.28. The Morgan fingerprint density at radius 1 is 1.39 bits per heavy atom. The molecule has 0 amide bonds. The molecule has 1 aromatic rings. The highest BCUT2D eigenvalue weighted by Crippen LogP contribution is 2.29. The molecule has 0 fully saturated rings. The largest absolute Gasteiger partial charge is 0.459 e. The van der Waals surface area contributed by atoms with Gasteiger partial charge in [-0.2, -0.15) is 0 Å². The minimum atomic E-state index is -0.351. The van der Waals surface area contributed by atoms with Gasteiger partial charge < -0.3 is 10.5 Å². The van der Waals surface area contributed by atoms with Gasteiger partial charge in [0.25, 0.3) is 0 Å². The Hall–Kier alpha value is -1.51. The van der Waals surface area contributed by atoms with Gasteiger partial charge in [-0.25, -0.2) is 4.79 Å². The summed E-state index contributed by atoms with van der Waals surface area (Å²) < 4.78 is 5.20. The molecule has 0 bridgehead atoms. The zero-order valence-electron chi connectivity index (χ0n) is 11.9. The van der Waals surface area contributed by atoms with Gasteiger partial charge in [-0.1, -0.05) is 26.8 Å². The van der Waals surface area contributed by atoms with Crippen LogP contribution in [0.25, 0.3) is 0 Å². The Labute approximate surface area is 109 Å². The van der Waals surface area contributed by atoms with Crippen LogP contribution < -0.4 is 5.73 Å². The van der Waals surface area contributed by atoms with Gasteiger partial charge in [0, 0.05) is 5.69 Å². The van der Waals surface area contributed by atoms with Crippen molar-refractivity contribution in [2.45, 2.75) is 52.6 Å². The van der Waals surface area contributed by atoms with Crippen LogP contribution in [0.15, 0.2) is 18.2 Å². The van der Waals surface area contributed by atoms with E-state index in [9.17, 15) is 4.79 Å². The third kappa shape index (κ3) is 3.25. The van der Waals surface area contributed by atoms with Crippen LogP contribution in [-0.4, -0.2) is 12.1 Å². The van der Waals surface area contributed by atoms with Crippen LogP contribution in [0.5, 0.6) is 0 Å². The number of benzene rings is 1. The van der Waals surface area contributed by atoms with Gasteiger partial charge in [0.2, 0.25) is 0 Å². The van der Waals surface area contributed by atoms with Crippen LogP contribution in [-0.2, 0) is 10.2 Å². The summed E-state index contributed by atoms with van der Waals surface area (Å²) in [5.41, 5.74) is 7.91. The monoisotopic (exact) mass is 249 g/mol. The van der Waals surface area contributed by atoms with Gasteiger partial charge in [-0.3, -0.25) is 0 Å². The number of hydrogen-bond acceptors (Lipinski definition) is 3. The number of rotatable bonds is 4. The van der Waals surface area contributed by atoms with Crippen LogP contribution in [0.2, 0.25) is 0 Å².